The van der Waals surface area contributed by atoms with Crippen molar-refractivity contribution in [2.24, 2.45) is 0 Å². The number of nitrogens with one attached hydrogen (secondary N) is 1. The van der Waals surface area contributed by atoms with Gasteiger partial charge in [0, 0.05) is 22.5 Å². The highest BCUT2D eigenvalue weighted by Crippen LogP contribution is 2.29. The first-order valence-electron chi connectivity index (χ1n) is 7.25. The number of benzene rings is 2. The second kappa shape index (κ2) is 5.21. The minimum Gasteiger partial charge on any atom is -0.355 e. The predicted molar refractivity (Wildman–Crippen MR) is 90.4 cm³/mol. The number of fused-ring (bicyclic) bond motifs is 1. The molecule has 1 aromatic heterocycles. The second-order valence-electron chi connectivity index (χ2n) is 5.78. The second-order valence-corrected chi connectivity index (χ2v) is 5.78. The molecule has 0 unspecified atom stereocenters. The Morgan fingerprint density at radius 3 is 2.24 bits per heavy atom. The van der Waals surface area contributed by atoms with Gasteiger partial charge in [0.1, 0.15) is 0 Å². The molecule has 3 aromatic rings. The maximum absolute atomic E-state index is 4.62. The maximum atomic E-state index is 4.62. The SMILES string of the molecule is Cc1ccc(Nc2cc(C)nc3ccc(C)cc23)c(C)c1. The van der Waals surface area contributed by atoms with E-state index in [1.165, 1.54) is 22.1 Å². The Morgan fingerprint density at radius 1 is 0.762 bits per heavy atom. The van der Waals surface area contributed by atoms with Crippen LogP contribution in [0.15, 0.2) is 42.5 Å². The highest BCUT2D eigenvalue weighted by Gasteiger charge is 2.06. The van der Waals surface area contributed by atoms with Crippen molar-refractivity contribution in [2.75, 3.05) is 5.32 Å². The quantitative estimate of drug-likeness (QED) is 0.694. The number of nitrogens with zero attached hydrogens (tertiary/aromatic N) is 1. The third kappa shape index (κ3) is 2.75. The van der Waals surface area contributed by atoms with Crippen LogP contribution < -0.4 is 5.32 Å². The summed E-state index contributed by atoms with van der Waals surface area (Å²) in [5.74, 6) is 0. The summed E-state index contributed by atoms with van der Waals surface area (Å²) in [5.41, 5.74) is 8.11. The van der Waals surface area contributed by atoms with Gasteiger partial charge in [-0.25, -0.2) is 0 Å². The molecule has 0 atom stereocenters. The Kier molecular flexibility index (Phi) is 3.38. The van der Waals surface area contributed by atoms with E-state index >= 15 is 0 Å². The fraction of sp³-hybridized carbons (Fsp3) is 0.211. The molecule has 0 aliphatic heterocycles. The summed E-state index contributed by atoms with van der Waals surface area (Å²) >= 11 is 0. The zero-order valence-corrected chi connectivity index (χ0v) is 13.0. The summed E-state index contributed by atoms with van der Waals surface area (Å²) in [7, 11) is 0. The Balaban J connectivity index is 2.13. The van der Waals surface area contributed by atoms with E-state index in [-0.39, 0.29) is 0 Å². The molecule has 0 aliphatic rings. The van der Waals surface area contributed by atoms with E-state index in [1.807, 2.05) is 6.92 Å². The zero-order valence-electron chi connectivity index (χ0n) is 13.0. The standard InChI is InChI=1S/C19H20N2/c1-12-5-7-17(14(3)9-12)21-19-11-15(4)20-18-8-6-13(2)10-16(18)19/h5-11H,1-4H3,(H,20,21). The van der Waals surface area contributed by atoms with E-state index in [2.05, 4.69) is 73.5 Å². The lowest BCUT2D eigenvalue weighted by Gasteiger charge is -2.14. The van der Waals surface area contributed by atoms with Crippen molar-refractivity contribution >= 4 is 22.3 Å². The molecule has 1 N–H and O–H groups in total. The van der Waals surface area contributed by atoms with Crippen LogP contribution in [-0.2, 0) is 0 Å². The van der Waals surface area contributed by atoms with Gasteiger partial charge in [-0.1, -0.05) is 29.3 Å². The molecule has 3 rings (SSSR count). The molecule has 0 saturated carbocycles. The van der Waals surface area contributed by atoms with Crippen LogP contribution >= 0.6 is 0 Å². The van der Waals surface area contributed by atoms with E-state index in [1.54, 1.807) is 0 Å². The van der Waals surface area contributed by atoms with Gasteiger partial charge in [-0.3, -0.25) is 4.98 Å². The van der Waals surface area contributed by atoms with E-state index < -0.39 is 0 Å². The molecule has 21 heavy (non-hydrogen) atoms. The number of aryl methyl sites for hydroxylation is 4. The van der Waals surface area contributed by atoms with Crippen LogP contribution in [-0.4, -0.2) is 4.98 Å². The van der Waals surface area contributed by atoms with Gasteiger partial charge in [-0.05, 0) is 57.5 Å². The van der Waals surface area contributed by atoms with E-state index in [9.17, 15) is 0 Å². The molecule has 2 nitrogen and oxygen atoms in total. The predicted octanol–water partition coefficient (Wildman–Crippen LogP) is 5.21. The lowest BCUT2D eigenvalue weighted by Crippen LogP contribution is -1.97. The van der Waals surface area contributed by atoms with Crippen LogP contribution in [0.5, 0.6) is 0 Å². The number of anilines is 2. The molecule has 0 amide bonds. The van der Waals surface area contributed by atoms with Crippen LogP contribution in [0, 0.1) is 27.7 Å². The van der Waals surface area contributed by atoms with Crippen molar-refractivity contribution in [1.29, 1.82) is 0 Å². The highest BCUT2D eigenvalue weighted by molar-refractivity contribution is 5.94. The third-order valence-electron chi connectivity index (χ3n) is 3.74. The molecule has 2 heteroatoms. The first-order chi connectivity index (χ1) is 10.0. The summed E-state index contributed by atoms with van der Waals surface area (Å²) in [6.07, 6.45) is 0. The monoisotopic (exact) mass is 276 g/mol. The van der Waals surface area contributed by atoms with Crippen LogP contribution in [0.2, 0.25) is 0 Å². The van der Waals surface area contributed by atoms with Crippen molar-refractivity contribution in [3.05, 3.63) is 64.8 Å². The van der Waals surface area contributed by atoms with Gasteiger partial charge in [-0.15, -0.1) is 0 Å². The molecular formula is C19H20N2. The number of hydrogen-bond acceptors (Lipinski definition) is 2. The van der Waals surface area contributed by atoms with Gasteiger partial charge in [0.15, 0.2) is 0 Å². The highest BCUT2D eigenvalue weighted by atomic mass is 14.9. The fourth-order valence-electron chi connectivity index (χ4n) is 2.67. The molecule has 0 spiro atoms. The lowest BCUT2D eigenvalue weighted by atomic mass is 10.1. The fourth-order valence-corrected chi connectivity index (χ4v) is 2.67. The summed E-state index contributed by atoms with van der Waals surface area (Å²) in [4.78, 5) is 4.62. The van der Waals surface area contributed by atoms with Gasteiger partial charge >= 0.3 is 0 Å². The van der Waals surface area contributed by atoms with Crippen LogP contribution in [0.25, 0.3) is 10.9 Å². The van der Waals surface area contributed by atoms with E-state index in [0.29, 0.717) is 0 Å². The van der Waals surface area contributed by atoms with Gasteiger partial charge < -0.3 is 5.32 Å². The van der Waals surface area contributed by atoms with E-state index in [4.69, 9.17) is 0 Å². The number of pyridine rings is 1. The Bertz CT molecular complexity index is 819. The van der Waals surface area contributed by atoms with Crippen LogP contribution in [0.4, 0.5) is 11.4 Å². The largest absolute Gasteiger partial charge is 0.355 e. The molecule has 0 bridgehead atoms. The van der Waals surface area contributed by atoms with Crippen LogP contribution in [0.1, 0.15) is 22.4 Å². The van der Waals surface area contributed by atoms with Crippen molar-refractivity contribution in [2.45, 2.75) is 27.7 Å². The molecule has 1 heterocycles. The number of aromatic nitrogens is 1. The molecule has 2 aromatic carbocycles. The molecule has 0 fully saturated rings. The minimum absolute atomic E-state index is 1.03. The number of rotatable bonds is 2. The molecule has 0 radical (unpaired) electrons. The summed E-state index contributed by atoms with van der Waals surface area (Å²) in [6, 6.07) is 15.0. The van der Waals surface area contributed by atoms with Crippen molar-refractivity contribution in [1.82, 2.24) is 4.98 Å². The summed E-state index contributed by atoms with van der Waals surface area (Å²) < 4.78 is 0. The van der Waals surface area contributed by atoms with E-state index in [0.717, 1.165) is 22.6 Å². The average molecular weight is 276 g/mol. The average Bonchev–Trinajstić information content (AvgIpc) is 2.42. The molecular weight excluding hydrogens is 256 g/mol. The molecule has 0 saturated heterocycles. The van der Waals surface area contributed by atoms with Gasteiger partial charge in [0.2, 0.25) is 0 Å². The van der Waals surface area contributed by atoms with Gasteiger partial charge in [0.05, 0.1) is 5.52 Å². The third-order valence-corrected chi connectivity index (χ3v) is 3.74. The Morgan fingerprint density at radius 2 is 1.48 bits per heavy atom. The minimum atomic E-state index is 1.03. The topological polar surface area (TPSA) is 24.9 Å². The van der Waals surface area contributed by atoms with Crippen molar-refractivity contribution < 1.29 is 0 Å². The maximum Gasteiger partial charge on any atom is 0.0726 e. The van der Waals surface area contributed by atoms with Gasteiger partial charge in [0.25, 0.3) is 0 Å². The first-order valence-corrected chi connectivity index (χ1v) is 7.25. The molecule has 0 aliphatic carbocycles. The lowest BCUT2D eigenvalue weighted by molar-refractivity contribution is 1.25. The summed E-state index contributed by atoms with van der Waals surface area (Å²) in [6.45, 7) is 8.40. The Labute approximate surface area is 125 Å². The normalized spacial score (nSPS) is 10.9. The smallest absolute Gasteiger partial charge is 0.0726 e. The Hall–Kier alpha value is -2.35. The van der Waals surface area contributed by atoms with Crippen LogP contribution in [0.3, 0.4) is 0 Å². The molecule has 106 valence electrons. The van der Waals surface area contributed by atoms with Crippen molar-refractivity contribution in [3.8, 4) is 0 Å². The first kappa shape index (κ1) is 13.6. The number of hydrogen-bond donors (Lipinski definition) is 1. The summed E-state index contributed by atoms with van der Waals surface area (Å²) in [5, 5.41) is 4.74. The van der Waals surface area contributed by atoms with Gasteiger partial charge in [-0.2, -0.15) is 0 Å². The van der Waals surface area contributed by atoms with Crippen molar-refractivity contribution in [3.63, 3.8) is 0 Å². The zero-order chi connectivity index (χ0) is 15.0.